The van der Waals surface area contributed by atoms with Gasteiger partial charge < -0.3 is 4.57 Å². The van der Waals surface area contributed by atoms with Crippen molar-refractivity contribution in [3.63, 3.8) is 0 Å². The van der Waals surface area contributed by atoms with E-state index in [-0.39, 0.29) is 0 Å². The lowest BCUT2D eigenvalue weighted by atomic mass is 9.91. The number of para-hydroxylation sites is 1. The molecule has 1 nitrogen and oxygen atoms in total. The first-order valence-corrected chi connectivity index (χ1v) is 6.36. The molecule has 2 aliphatic rings. The van der Waals surface area contributed by atoms with Crippen molar-refractivity contribution in [1.29, 1.82) is 0 Å². The number of benzene rings is 1. The fraction of sp³-hybridized carbons (Fsp3) is 0.250. The lowest BCUT2D eigenvalue weighted by Gasteiger charge is -2.20. The predicted molar refractivity (Wildman–Crippen MR) is 71.9 cm³/mol. The van der Waals surface area contributed by atoms with Gasteiger partial charge in [-0.05, 0) is 42.5 Å². The summed E-state index contributed by atoms with van der Waals surface area (Å²) in [7, 11) is 0. The van der Waals surface area contributed by atoms with Gasteiger partial charge >= 0.3 is 0 Å². The van der Waals surface area contributed by atoms with Crippen LogP contribution in [-0.4, -0.2) is 4.57 Å². The van der Waals surface area contributed by atoms with E-state index in [1.807, 2.05) is 0 Å². The Kier molecular flexibility index (Phi) is 1.71. The maximum Gasteiger partial charge on any atom is 0.0595 e. The van der Waals surface area contributed by atoms with Crippen LogP contribution in [0.4, 0.5) is 0 Å². The van der Waals surface area contributed by atoms with Crippen LogP contribution in [0.2, 0.25) is 0 Å². The Balaban J connectivity index is 2.07. The molecule has 0 saturated carbocycles. The normalized spacial score (nSPS) is 22.5. The topological polar surface area (TPSA) is 4.93 Å². The fourth-order valence-electron chi connectivity index (χ4n) is 3.34. The van der Waals surface area contributed by atoms with E-state index < -0.39 is 0 Å². The standard InChI is InChI=1S/C16H15N/c1-11-13-7-3-5-9-15(13)17-14-8-4-2-6-12(14)10-16(11)17/h2,4,6-8,10,15H,1,3,5,9H2. The first kappa shape index (κ1) is 9.29. The molecular weight excluding hydrogens is 206 g/mol. The van der Waals surface area contributed by atoms with E-state index in [4.69, 9.17) is 0 Å². The summed E-state index contributed by atoms with van der Waals surface area (Å²) in [4.78, 5) is 0. The number of nitrogens with zero attached hydrogens (tertiary/aromatic N) is 1. The van der Waals surface area contributed by atoms with E-state index in [2.05, 4.69) is 47.6 Å². The molecule has 1 aromatic carbocycles. The lowest BCUT2D eigenvalue weighted by Crippen LogP contribution is -2.08. The van der Waals surface area contributed by atoms with Crippen molar-refractivity contribution in [3.8, 4) is 0 Å². The predicted octanol–water partition coefficient (Wildman–Crippen LogP) is 4.32. The molecule has 84 valence electrons. The zero-order chi connectivity index (χ0) is 11.4. The molecular formula is C16H15N. The molecule has 4 rings (SSSR count). The van der Waals surface area contributed by atoms with Gasteiger partial charge in [-0.2, -0.15) is 0 Å². The van der Waals surface area contributed by atoms with Crippen LogP contribution in [0.3, 0.4) is 0 Å². The van der Waals surface area contributed by atoms with Crippen LogP contribution in [0.1, 0.15) is 31.0 Å². The molecule has 0 N–H and O–H groups in total. The highest BCUT2D eigenvalue weighted by Crippen LogP contribution is 2.47. The van der Waals surface area contributed by atoms with Crippen molar-refractivity contribution < 1.29 is 0 Å². The molecule has 2 heterocycles. The molecule has 0 fully saturated rings. The van der Waals surface area contributed by atoms with E-state index in [0.29, 0.717) is 6.04 Å². The smallest absolute Gasteiger partial charge is 0.0595 e. The van der Waals surface area contributed by atoms with Crippen LogP contribution in [0.25, 0.3) is 16.5 Å². The highest BCUT2D eigenvalue weighted by atomic mass is 15.1. The fourth-order valence-corrected chi connectivity index (χ4v) is 3.34. The molecule has 0 bridgehead atoms. The van der Waals surface area contributed by atoms with Gasteiger partial charge in [0.1, 0.15) is 0 Å². The van der Waals surface area contributed by atoms with Gasteiger partial charge in [0, 0.05) is 16.6 Å². The Bertz CT molecular complexity index is 657. The maximum atomic E-state index is 4.29. The number of rotatable bonds is 0. The van der Waals surface area contributed by atoms with Crippen LogP contribution in [-0.2, 0) is 0 Å². The molecule has 1 unspecified atom stereocenters. The molecule has 1 aromatic heterocycles. The van der Waals surface area contributed by atoms with Crippen molar-refractivity contribution in [1.82, 2.24) is 4.57 Å². The van der Waals surface area contributed by atoms with E-state index in [0.717, 1.165) is 0 Å². The molecule has 17 heavy (non-hydrogen) atoms. The SMILES string of the molecule is C=C1C2=CCCCC2n2c1cc1ccccc12. The molecule has 1 heteroatoms. The highest BCUT2D eigenvalue weighted by Gasteiger charge is 2.32. The summed E-state index contributed by atoms with van der Waals surface area (Å²) in [5, 5.41) is 1.34. The van der Waals surface area contributed by atoms with Gasteiger partial charge in [0.05, 0.1) is 6.04 Å². The molecule has 0 radical (unpaired) electrons. The summed E-state index contributed by atoms with van der Waals surface area (Å²) in [6, 6.07) is 11.5. The summed E-state index contributed by atoms with van der Waals surface area (Å²) < 4.78 is 2.49. The Morgan fingerprint density at radius 3 is 3.06 bits per heavy atom. The van der Waals surface area contributed by atoms with Gasteiger partial charge in [0.15, 0.2) is 0 Å². The van der Waals surface area contributed by atoms with Gasteiger partial charge in [-0.15, -0.1) is 0 Å². The number of aromatic nitrogens is 1. The summed E-state index contributed by atoms with van der Waals surface area (Å²) in [6.07, 6.45) is 6.16. The van der Waals surface area contributed by atoms with Gasteiger partial charge in [-0.25, -0.2) is 0 Å². The summed E-state index contributed by atoms with van der Waals surface area (Å²) in [5.74, 6) is 0. The van der Waals surface area contributed by atoms with E-state index >= 15 is 0 Å². The second-order valence-electron chi connectivity index (χ2n) is 5.04. The Labute approximate surface area is 101 Å². The third-order valence-electron chi connectivity index (χ3n) is 4.12. The number of hydrogen-bond acceptors (Lipinski definition) is 0. The molecule has 0 spiro atoms. The largest absolute Gasteiger partial charge is 0.333 e. The summed E-state index contributed by atoms with van der Waals surface area (Å²) in [6.45, 7) is 4.29. The van der Waals surface area contributed by atoms with Crippen molar-refractivity contribution in [3.05, 3.63) is 54.3 Å². The van der Waals surface area contributed by atoms with Crippen LogP contribution in [0, 0.1) is 0 Å². The zero-order valence-corrected chi connectivity index (χ0v) is 9.82. The zero-order valence-electron chi connectivity index (χ0n) is 9.82. The lowest BCUT2D eigenvalue weighted by molar-refractivity contribution is 0.531. The summed E-state index contributed by atoms with van der Waals surface area (Å²) >= 11 is 0. The third-order valence-corrected chi connectivity index (χ3v) is 4.12. The molecule has 1 aliphatic heterocycles. The number of fused-ring (bicyclic) bond motifs is 5. The highest BCUT2D eigenvalue weighted by molar-refractivity contribution is 5.92. The minimum atomic E-state index is 0.547. The maximum absolute atomic E-state index is 4.29. The Morgan fingerprint density at radius 1 is 1.24 bits per heavy atom. The average Bonchev–Trinajstić information content (AvgIpc) is 2.88. The molecule has 0 amide bonds. The number of allylic oxidation sites excluding steroid dienone is 3. The van der Waals surface area contributed by atoms with Crippen molar-refractivity contribution in [2.45, 2.75) is 25.3 Å². The third kappa shape index (κ3) is 1.09. The second-order valence-corrected chi connectivity index (χ2v) is 5.04. The van der Waals surface area contributed by atoms with Crippen molar-refractivity contribution in [2.75, 3.05) is 0 Å². The summed E-state index contributed by atoms with van der Waals surface area (Å²) in [5.41, 5.74) is 5.39. The molecule has 0 saturated heterocycles. The van der Waals surface area contributed by atoms with E-state index in [1.54, 1.807) is 0 Å². The van der Waals surface area contributed by atoms with Crippen LogP contribution in [0.15, 0.2) is 48.6 Å². The molecule has 1 atom stereocenters. The molecule has 1 aliphatic carbocycles. The Hall–Kier alpha value is -1.76. The minimum Gasteiger partial charge on any atom is -0.333 e. The van der Waals surface area contributed by atoms with Gasteiger partial charge in [-0.3, -0.25) is 0 Å². The van der Waals surface area contributed by atoms with Gasteiger partial charge in [0.2, 0.25) is 0 Å². The van der Waals surface area contributed by atoms with Gasteiger partial charge in [-0.1, -0.05) is 30.9 Å². The first-order valence-electron chi connectivity index (χ1n) is 6.36. The minimum absolute atomic E-state index is 0.547. The van der Waals surface area contributed by atoms with Crippen LogP contribution in [0.5, 0.6) is 0 Å². The van der Waals surface area contributed by atoms with E-state index in [1.165, 1.54) is 47.0 Å². The van der Waals surface area contributed by atoms with Crippen LogP contribution >= 0.6 is 0 Å². The second kappa shape index (κ2) is 3.13. The van der Waals surface area contributed by atoms with Crippen molar-refractivity contribution >= 4 is 16.5 Å². The van der Waals surface area contributed by atoms with Crippen molar-refractivity contribution in [2.24, 2.45) is 0 Å². The van der Waals surface area contributed by atoms with Gasteiger partial charge in [0.25, 0.3) is 0 Å². The Morgan fingerprint density at radius 2 is 2.12 bits per heavy atom. The first-order chi connectivity index (χ1) is 8.36. The monoisotopic (exact) mass is 221 g/mol. The average molecular weight is 221 g/mol. The van der Waals surface area contributed by atoms with Crippen LogP contribution < -0.4 is 0 Å². The molecule has 2 aromatic rings. The van der Waals surface area contributed by atoms with E-state index in [9.17, 15) is 0 Å². The number of hydrogen-bond donors (Lipinski definition) is 0. The quantitative estimate of drug-likeness (QED) is 0.624.